The van der Waals surface area contributed by atoms with Crippen LogP contribution in [0.3, 0.4) is 0 Å². The minimum atomic E-state index is -1.82. The summed E-state index contributed by atoms with van der Waals surface area (Å²) in [6.45, 7) is 1.98. The number of benzene rings is 3. The zero-order chi connectivity index (χ0) is 30.3. The van der Waals surface area contributed by atoms with E-state index in [2.05, 4.69) is 25.8 Å². The highest BCUT2D eigenvalue weighted by atomic mass is 16.4. The molecular formula is C31H30N6O6. The second-order valence-electron chi connectivity index (χ2n) is 10.0. The van der Waals surface area contributed by atoms with Gasteiger partial charge in [0, 0.05) is 18.4 Å². The van der Waals surface area contributed by atoms with Crippen molar-refractivity contribution in [3.63, 3.8) is 0 Å². The average molecular weight is 583 g/mol. The van der Waals surface area contributed by atoms with Crippen LogP contribution < -0.4 is 11.0 Å². The number of carboxylic acid groups (broad SMARTS) is 1. The number of carboxylic acids is 1. The number of nitrogens with one attached hydrogen (secondary N) is 2. The molecule has 0 aliphatic heterocycles. The normalized spacial score (nSPS) is 12.5. The number of aryl methyl sites for hydroxylation is 1. The highest BCUT2D eigenvalue weighted by Gasteiger charge is 2.30. The summed E-state index contributed by atoms with van der Waals surface area (Å²) in [5.74, 6) is -1.79. The Morgan fingerprint density at radius 2 is 1.72 bits per heavy atom. The molecule has 3 aromatic carbocycles. The lowest BCUT2D eigenvalue weighted by molar-refractivity contribution is -0.148. The van der Waals surface area contributed by atoms with E-state index >= 15 is 0 Å². The number of carbonyl (C=O) groups is 2. The van der Waals surface area contributed by atoms with Crippen LogP contribution in [0, 0.1) is 0 Å². The zero-order valence-electron chi connectivity index (χ0n) is 23.3. The fourth-order valence-electron chi connectivity index (χ4n) is 4.81. The van der Waals surface area contributed by atoms with Crippen LogP contribution in [-0.4, -0.2) is 59.4 Å². The van der Waals surface area contributed by atoms with Crippen LogP contribution in [0.25, 0.3) is 16.8 Å². The Balaban J connectivity index is 1.35. The number of hydrogen-bond donors (Lipinski definition) is 4. The van der Waals surface area contributed by atoms with Gasteiger partial charge in [0.15, 0.2) is 6.10 Å². The van der Waals surface area contributed by atoms with Crippen LogP contribution in [0.4, 0.5) is 0 Å². The van der Waals surface area contributed by atoms with Crippen LogP contribution in [0.2, 0.25) is 0 Å². The summed E-state index contributed by atoms with van der Waals surface area (Å²) >= 11 is 0. The molecule has 2 atom stereocenters. The molecule has 4 N–H and O–H groups in total. The Morgan fingerprint density at radius 1 is 1.00 bits per heavy atom. The summed E-state index contributed by atoms with van der Waals surface area (Å²) in [5, 5.41) is 32.0. The summed E-state index contributed by atoms with van der Waals surface area (Å²) in [4.78, 5) is 41.2. The number of hydrogen-bond acceptors (Lipinski definition) is 8. The van der Waals surface area contributed by atoms with Gasteiger partial charge in [-0.05, 0) is 46.0 Å². The van der Waals surface area contributed by atoms with Crippen LogP contribution >= 0.6 is 0 Å². The number of aliphatic hydroxyl groups is 1. The maximum atomic E-state index is 13.1. The molecule has 2 aromatic heterocycles. The molecule has 12 nitrogen and oxygen atoms in total. The molecule has 0 saturated carbocycles. The zero-order valence-corrected chi connectivity index (χ0v) is 23.3. The van der Waals surface area contributed by atoms with E-state index in [1.54, 1.807) is 30.3 Å². The highest BCUT2D eigenvalue weighted by molar-refractivity contribution is 5.90. The maximum Gasteiger partial charge on any atom is 0.365 e. The number of rotatable bonds is 12. The van der Waals surface area contributed by atoms with Gasteiger partial charge >= 0.3 is 17.6 Å². The summed E-state index contributed by atoms with van der Waals surface area (Å²) in [7, 11) is 0. The molecule has 0 radical (unpaired) electrons. The Morgan fingerprint density at radius 3 is 2.40 bits per heavy atom. The van der Waals surface area contributed by atoms with Crippen molar-refractivity contribution in [3.05, 3.63) is 118 Å². The monoisotopic (exact) mass is 582 g/mol. The first-order valence-corrected chi connectivity index (χ1v) is 13.8. The molecule has 0 bridgehead atoms. The van der Waals surface area contributed by atoms with Crippen molar-refractivity contribution in [3.8, 4) is 16.8 Å². The molecule has 0 aliphatic rings. The number of para-hydroxylation sites is 1. The number of aliphatic hydroxyl groups excluding tert-OH is 1. The molecule has 2 heterocycles. The van der Waals surface area contributed by atoms with Gasteiger partial charge in [0.25, 0.3) is 5.89 Å². The van der Waals surface area contributed by atoms with Crippen molar-refractivity contribution in [1.29, 1.82) is 0 Å². The SMILES string of the molecule is CCCc1oc(C(=O)NC(Cc2ccccc2)C(O)C(=O)O)nc1Cc1ccc(-c2ccccc2-n2nn[nH]c2=O)cc1. The van der Waals surface area contributed by atoms with Gasteiger partial charge < -0.3 is 19.9 Å². The predicted octanol–water partition coefficient (Wildman–Crippen LogP) is 2.94. The topological polar surface area (TPSA) is 176 Å². The summed E-state index contributed by atoms with van der Waals surface area (Å²) in [6, 6.07) is 23.0. The number of tetrazole rings is 1. The van der Waals surface area contributed by atoms with E-state index in [4.69, 9.17) is 4.42 Å². The highest BCUT2D eigenvalue weighted by Crippen LogP contribution is 2.27. The third-order valence-electron chi connectivity index (χ3n) is 6.94. The average Bonchev–Trinajstić information content (AvgIpc) is 3.63. The summed E-state index contributed by atoms with van der Waals surface area (Å²) in [5.41, 5.74) is 4.07. The number of amides is 1. The number of oxazole rings is 1. The fraction of sp³-hybridized carbons (Fsp3) is 0.226. The Labute approximate surface area is 246 Å². The number of carbonyl (C=O) groups excluding carboxylic acids is 1. The van der Waals surface area contributed by atoms with Crippen LogP contribution in [0.1, 0.15) is 46.6 Å². The minimum Gasteiger partial charge on any atom is -0.479 e. The van der Waals surface area contributed by atoms with Crippen molar-refractivity contribution in [2.75, 3.05) is 0 Å². The number of nitrogens with zero attached hydrogens (tertiary/aromatic N) is 4. The van der Waals surface area contributed by atoms with Gasteiger partial charge in [-0.2, -0.15) is 4.68 Å². The van der Waals surface area contributed by atoms with Crippen molar-refractivity contribution < 1.29 is 24.2 Å². The Hall–Kier alpha value is -5.36. The van der Waals surface area contributed by atoms with E-state index in [0.29, 0.717) is 30.0 Å². The van der Waals surface area contributed by atoms with Gasteiger partial charge in [-0.3, -0.25) is 4.79 Å². The first-order valence-electron chi connectivity index (χ1n) is 13.8. The maximum absolute atomic E-state index is 13.1. The van der Waals surface area contributed by atoms with Gasteiger partial charge in [0.1, 0.15) is 5.76 Å². The standard InChI is InChI=1S/C31H30N6O6/c1-2-8-26-23(33-29(43-26)28(39)32-24(27(38)30(40)41)18-19-9-4-3-5-10-19)17-20-13-15-21(16-14-20)22-11-6-7-12-25(22)37-31(42)34-35-36-37/h3-7,9-16,24,27,38H,2,8,17-18H2,1H3,(H,32,39)(H,40,41)(H,34,36,42). The number of aromatic nitrogens is 5. The van der Waals surface area contributed by atoms with Crippen molar-refractivity contribution in [2.24, 2.45) is 0 Å². The van der Waals surface area contributed by atoms with Gasteiger partial charge in [-0.25, -0.2) is 19.7 Å². The quantitative estimate of drug-likeness (QED) is 0.172. The van der Waals surface area contributed by atoms with Gasteiger partial charge in [0.2, 0.25) is 0 Å². The predicted molar refractivity (Wildman–Crippen MR) is 156 cm³/mol. The molecule has 12 heteroatoms. The number of aromatic amines is 1. The molecule has 5 aromatic rings. The fourth-order valence-corrected chi connectivity index (χ4v) is 4.81. The lowest BCUT2D eigenvalue weighted by Crippen LogP contribution is -2.48. The molecule has 0 fully saturated rings. The number of aliphatic carboxylic acids is 1. The van der Waals surface area contributed by atoms with Crippen LogP contribution in [0.5, 0.6) is 0 Å². The molecule has 220 valence electrons. The van der Waals surface area contributed by atoms with Crippen LogP contribution in [-0.2, 0) is 24.1 Å². The molecule has 43 heavy (non-hydrogen) atoms. The van der Waals surface area contributed by atoms with Crippen molar-refractivity contribution in [2.45, 2.75) is 44.8 Å². The molecular weight excluding hydrogens is 552 g/mol. The van der Waals surface area contributed by atoms with E-state index < -0.39 is 29.7 Å². The van der Waals surface area contributed by atoms with Crippen molar-refractivity contribution >= 4 is 11.9 Å². The lowest BCUT2D eigenvalue weighted by atomic mass is 10.00. The summed E-state index contributed by atoms with van der Waals surface area (Å²) in [6.07, 6.45) is -0.00804. The Bertz CT molecular complexity index is 1760. The van der Waals surface area contributed by atoms with Gasteiger partial charge in [-0.15, -0.1) is 0 Å². The van der Waals surface area contributed by atoms with Gasteiger partial charge in [0.05, 0.1) is 17.4 Å². The third-order valence-corrected chi connectivity index (χ3v) is 6.94. The first kappa shape index (κ1) is 29.1. The molecule has 5 rings (SSSR count). The van der Waals surface area contributed by atoms with E-state index in [0.717, 1.165) is 28.7 Å². The first-order chi connectivity index (χ1) is 20.8. The number of H-pyrrole nitrogens is 1. The summed E-state index contributed by atoms with van der Waals surface area (Å²) < 4.78 is 7.04. The second-order valence-corrected chi connectivity index (χ2v) is 10.0. The molecule has 0 aliphatic carbocycles. The van der Waals surface area contributed by atoms with E-state index in [-0.39, 0.29) is 12.3 Å². The Kier molecular flexibility index (Phi) is 8.87. The second kappa shape index (κ2) is 13.1. The molecule has 1 amide bonds. The van der Waals surface area contributed by atoms with E-state index in [9.17, 15) is 24.6 Å². The van der Waals surface area contributed by atoms with E-state index in [1.807, 2.05) is 55.5 Å². The van der Waals surface area contributed by atoms with E-state index in [1.165, 1.54) is 4.68 Å². The van der Waals surface area contributed by atoms with Crippen LogP contribution in [0.15, 0.2) is 88.1 Å². The largest absolute Gasteiger partial charge is 0.479 e. The lowest BCUT2D eigenvalue weighted by Gasteiger charge is -2.20. The molecule has 0 spiro atoms. The third kappa shape index (κ3) is 6.76. The smallest absolute Gasteiger partial charge is 0.365 e. The minimum absolute atomic E-state index is 0.107. The molecule has 0 saturated heterocycles. The molecule has 2 unspecified atom stereocenters. The van der Waals surface area contributed by atoms with Crippen molar-refractivity contribution in [1.82, 2.24) is 30.5 Å². The van der Waals surface area contributed by atoms with Gasteiger partial charge in [-0.1, -0.05) is 79.7 Å².